The minimum Gasteiger partial charge on any atom is -0.389 e. The lowest BCUT2D eigenvalue weighted by Gasteiger charge is -2.29. The first-order chi connectivity index (χ1) is 9.51. The summed E-state index contributed by atoms with van der Waals surface area (Å²) in [6.45, 7) is 12.9. The Balaban J connectivity index is 3.79. The molecular weight excluding hydrogens is 250 g/mol. The van der Waals surface area contributed by atoms with Crippen molar-refractivity contribution in [3.63, 3.8) is 0 Å². The van der Waals surface area contributed by atoms with Gasteiger partial charge in [0, 0.05) is 18.7 Å². The van der Waals surface area contributed by atoms with E-state index < -0.39 is 6.10 Å². The van der Waals surface area contributed by atoms with E-state index in [0.717, 1.165) is 25.9 Å². The van der Waals surface area contributed by atoms with Crippen LogP contribution < -0.4 is 5.32 Å². The van der Waals surface area contributed by atoms with Gasteiger partial charge in [-0.15, -0.1) is 0 Å². The molecule has 0 aromatic rings. The summed E-state index contributed by atoms with van der Waals surface area (Å²) in [5, 5.41) is 13.4. The molecule has 3 heteroatoms. The van der Waals surface area contributed by atoms with Gasteiger partial charge in [0.2, 0.25) is 0 Å². The molecule has 0 amide bonds. The summed E-state index contributed by atoms with van der Waals surface area (Å²) in [6, 6.07) is 0. The van der Waals surface area contributed by atoms with Gasteiger partial charge >= 0.3 is 0 Å². The van der Waals surface area contributed by atoms with Crippen molar-refractivity contribution in [3.05, 3.63) is 0 Å². The van der Waals surface area contributed by atoms with Crippen LogP contribution >= 0.6 is 0 Å². The van der Waals surface area contributed by atoms with E-state index >= 15 is 0 Å². The van der Waals surface area contributed by atoms with Crippen LogP contribution in [0.4, 0.5) is 0 Å². The first kappa shape index (κ1) is 19.9. The van der Waals surface area contributed by atoms with Gasteiger partial charge in [0.25, 0.3) is 0 Å². The van der Waals surface area contributed by atoms with Gasteiger partial charge in [0.15, 0.2) is 0 Å². The van der Waals surface area contributed by atoms with E-state index in [-0.39, 0.29) is 5.54 Å². The standard InChI is InChI=1S/C17H37NO2/c1-6-10-11-15(7-2)13-20-14-16(19)12-18-17(5,8-3)9-4/h15-16,18-19H,6-14H2,1-5H3. The molecule has 0 spiro atoms. The average Bonchev–Trinajstić information content (AvgIpc) is 2.48. The molecule has 0 radical (unpaired) electrons. The van der Waals surface area contributed by atoms with Crippen LogP contribution in [-0.2, 0) is 4.74 Å². The fraction of sp³-hybridized carbons (Fsp3) is 1.00. The highest BCUT2D eigenvalue weighted by Crippen LogP contribution is 2.14. The summed E-state index contributed by atoms with van der Waals surface area (Å²) in [5.74, 6) is 0.645. The minimum absolute atomic E-state index is 0.133. The van der Waals surface area contributed by atoms with E-state index in [2.05, 4.69) is 39.9 Å². The quantitative estimate of drug-likeness (QED) is 0.542. The van der Waals surface area contributed by atoms with Crippen LogP contribution in [0.25, 0.3) is 0 Å². The predicted molar refractivity (Wildman–Crippen MR) is 87.1 cm³/mol. The fourth-order valence-corrected chi connectivity index (χ4v) is 2.19. The summed E-state index contributed by atoms with van der Waals surface area (Å²) < 4.78 is 5.69. The van der Waals surface area contributed by atoms with E-state index in [1.807, 2.05) is 0 Å². The Morgan fingerprint density at radius 3 is 2.25 bits per heavy atom. The van der Waals surface area contributed by atoms with Gasteiger partial charge in [-0.05, 0) is 32.1 Å². The van der Waals surface area contributed by atoms with Crippen LogP contribution in [0.3, 0.4) is 0 Å². The molecule has 0 saturated carbocycles. The summed E-state index contributed by atoms with van der Waals surface area (Å²) in [4.78, 5) is 0. The second kappa shape index (κ2) is 11.5. The van der Waals surface area contributed by atoms with Crippen LogP contribution in [-0.4, -0.2) is 36.5 Å². The maximum atomic E-state index is 9.98. The third kappa shape index (κ3) is 8.93. The van der Waals surface area contributed by atoms with Gasteiger partial charge in [0.1, 0.15) is 0 Å². The van der Waals surface area contributed by atoms with Crippen molar-refractivity contribution >= 4 is 0 Å². The Hall–Kier alpha value is -0.120. The number of ether oxygens (including phenoxy) is 1. The van der Waals surface area contributed by atoms with Crippen molar-refractivity contribution in [2.24, 2.45) is 5.92 Å². The lowest BCUT2D eigenvalue weighted by atomic mass is 9.95. The van der Waals surface area contributed by atoms with E-state index in [9.17, 15) is 5.11 Å². The van der Waals surface area contributed by atoms with Crippen molar-refractivity contribution in [2.75, 3.05) is 19.8 Å². The molecule has 122 valence electrons. The maximum Gasteiger partial charge on any atom is 0.0897 e. The van der Waals surface area contributed by atoms with Crippen LogP contribution in [0.2, 0.25) is 0 Å². The molecule has 2 N–H and O–H groups in total. The van der Waals surface area contributed by atoms with Crippen molar-refractivity contribution < 1.29 is 9.84 Å². The molecule has 0 rings (SSSR count). The summed E-state index contributed by atoms with van der Waals surface area (Å²) >= 11 is 0. The van der Waals surface area contributed by atoms with Crippen LogP contribution in [0, 0.1) is 5.92 Å². The lowest BCUT2D eigenvalue weighted by molar-refractivity contribution is 0.0160. The minimum atomic E-state index is -0.406. The van der Waals surface area contributed by atoms with Crippen molar-refractivity contribution in [1.29, 1.82) is 0 Å². The number of aliphatic hydroxyl groups excluding tert-OH is 1. The molecule has 0 aromatic heterocycles. The molecule has 20 heavy (non-hydrogen) atoms. The van der Waals surface area contributed by atoms with E-state index in [4.69, 9.17) is 4.74 Å². The van der Waals surface area contributed by atoms with Crippen molar-refractivity contribution in [3.8, 4) is 0 Å². The normalized spacial score (nSPS) is 15.3. The molecule has 0 heterocycles. The SMILES string of the molecule is CCCCC(CC)COCC(O)CNC(C)(CC)CC. The highest BCUT2D eigenvalue weighted by atomic mass is 16.5. The first-order valence-corrected chi connectivity index (χ1v) is 8.52. The molecule has 0 saturated heterocycles. The highest BCUT2D eigenvalue weighted by molar-refractivity contribution is 4.80. The molecule has 3 nitrogen and oxygen atoms in total. The maximum absolute atomic E-state index is 9.98. The summed E-state index contributed by atoms with van der Waals surface area (Å²) in [5.41, 5.74) is 0.133. The van der Waals surface area contributed by atoms with Gasteiger partial charge in [-0.25, -0.2) is 0 Å². The zero-order valence-electron chi connectivity index (χ0n) is 14.4. The zero-order valence-corrected chi connectivity index (χ0v) is 14.4. The molecule has 2 unspecified atom stereocenters. The van der Waals surface area contributed by atoms with Crippen LogP contribution in [0.5, 0.6) is 0 Å². The molecule has 0 fully saturated rings. The molecule has 0 aromatic carbocycles. The van der Waals surface area contributed by atoms with Gasteiger partial charge in [-0.3, -0.25) is 0 Å². The second-order valence-electron chi connectivity index (χ2n) is 6.26. The van der Waals surface area contributed by atoms with Gasteiger partial charge in [-0.1, -0.05) is 47.0 Å². The number of hydrogen-bond acceptors (Lipinski definition) is 3. The Morgan fingerprint density at radius 2 is 1.75 bits per heavy atom. The molecule has 0 aliphatic heterocycles. The fourth-order valence-electron chi connectivity index (χ4n) is 2.19. The first-order valence-electron chi connectivity index (χ1n) is 8.52. The van der Waals surface area contributed by atoms with Gasteiger partial charge in [-0.2, -0.15) is 0 Å². The number of aliphatic hydroxyl groups is 1. The smallest absolute Gasteiger partial charge is 0.0897 e. The molecule has 2 atom stereocenters. The third-order valence-electron chi connectivity index (χ3n) is 4.53. The Bertz CT molecular complexity index is 217. The van der Waals surface area contributed by atoms with Gasteiger partial charge < -0.3 is 15.2 Å². The topological polar surface area (TPSA) is 41.5 Å². The summed E-state index contributed by atoms with van der Waals surface area (Å²) in [6.07, 6.45) is 6.67. The van der Waals surface area contributed by atoms with Crippen molar-refractivity contribution in [2.45, 2.75) is 84.8 Å². The van der Waals surface area contributed by atoms with Crippen LogP contribution in [0.15, 0.2) is 0 Å². The predicted octanol–water partition coefficient (Wildman–Crippen LogP) is 3.75. The third-order valence-corrected chi connectivity index (χ3v) is 4.53. The second-order valence-corrected chi connectivity index (χ2v) is 6.26. The van der Waals surface area contributed by atoms with E-state index in [1.165, 1.54) is 19.3 Å². The molecule has 0 aliphatic rings. The Morgan fingerprint density at radius 1 is 1.10 bits per heavy atom. The van der Waals surface area contributed by atoms with Crippen molar-refractivity contribution in [1.82, 2.24) is 5.32 Å². The monoisotopic (exact) mass is 287 g/mol. The molecule has 0 bridgehead atoms. The largest absolute Gasteiger partial charge is 0.389 e. The van der Waals surface area contributed by atoms with Crippen LogP contribution in [0.1, 0.15) is 73.1 Å². The number of nitrogens with one attached hydrogen (secondary N) is 1. The highest BCUT2D eigenvalue weighted by Gasteiger charge is 2.19. The molecular formula is C17H37NO2. The zero-order chi connectivity index (χ0) is 15.4. The number of β-amino-alcohol motifs (C(OH)–C–C–N with tert-alkyl or cyclic N) is 1. The number of rotatable bonds is 13. The number of hydrogen-bond donors (Lipinski definition) is 2. The average molecular weight is 287 g/mol. The van der Waals surface area contributed by atoms with E-state index in [1.54, 1.807) is 0 Å². The molecule has 0 aliphatic carbocycles. The number of unbranched alkanes of at least 4 members (excludes halogenated alkanes) is 1. The lowest BCUT2D eigenvalue weighted by Crippen LogP contribution is -2.45. The summed E-state index contributed by atoms with van der Waals surface area (Å²) in [7, 11) is 0. The van der Waals surface area contributed by atoms with Gasteiger partial charge in [0.05, 0.1) is 12.7 Å². The van der Waals surface area contributed by atoms with E-state index in [0.29, 0.717) is 19.1 Å². The Kier molecular flexibility index (Phi) is 11.5. The Labute approximate surface area is 126 Å².